The van der Waals surface area contributed by atoms with Gasteiger partial charge in [0.05, 0.1) is 16.4 Å². The quantitative estimate of drug-likeness (QED) is 0.621. The third kappa shape index (κ3) is 4.31. The Hall–Kier alpha value is -3.72. The third-order valence-electron chi connectivity index (χ3n) is 5.46. The van der Waals surface area contributed by atoms with Gasteiger partial charge in [-0.1, -0.05) is 0 Å². The van der Waals surface area contributed by atoms with Gasteiger partial charge in [0.1, 0.15) is 4.88 Å². The smallest absolute Gasteiger partial charge is 0.273 e. The number of anilines is 1. The molecule has 3 heterocycles. The van der Waals surface area contributed by atoms with Gasteiger partial charge in [0, 0.05) is 23.4 Å². The van der Waals surface area contributed by atoms with Crippen molar-refractivity contribution in [2.75, 3.05) is 18.7 Å². The molecule has 1 aromatic heterocycles. The summed E-state index contributed by atoms with van der Waals surface area (Å²) in [5.74, 6) is 1.03. The van der Waals surface area contributed by atoms with Crippen molar-refractivity contribution < 1.29 is 19.1 Å². The Morgan fingerprint density at radius 2 is 1.85 bits per heavy atom. The molecule has 8 nitrogen and oxygen atoms in total. The second-order valence-electron chi connectivity index (χ2n) is 7.83. The number of aryl methyl sites for hydroxylation is 2. The van der Waals surface area contributed by atoms with E-state index in [0.29, 0.717) is 34.1 Å². The van der Waals surface area contributed by atoms with Crippen LogP contribution >= 0.6 is 11.3 Å². The van der Waals surface area contributed by atoms with Crippen LogP contribution in [0.15, 0.2) is 47.6 Å². The molecule has 2 aliphatic rings. The molecule has 1 N–H and O–H groups in total. The molecule has 33 heavy (non-hydrogen) atoms. The van der Waals surface area contributed by atoms with E-state index in [9.17, 15) is 9.59 Å². The van der Waals surface area contributed by atoms with Crippen molar-refractivity contribution in [2.45, 2.75) is 26.7 Å². The van der Waals surface area contributed by atoms with Crippen LogP contribution in [0.2, 0.25) is 0 Å². The summed E-state index contributed by atoms with van der Waals surface area (Å²) in [6.45, 7) is 4.46. The topological polar surface area (TPSA) is 93.1 Å². The van der Waals surface area contributed by atoms with E-state index in [4.69, 9.17) is 9.47 Å². The van der Waals surface area contributed by atoms with Gasteiger partial charge in [-0.3, -0.25) is 9.59 Å². The lowest BCUT2D eigenvalue weighted by atomic mass is 10.0. The maximum Gasteiger partial charge on any atom is 0.273 e. The Bertz CT molecular complexity index is 1270. The summed E-state index contributed by atoms with van der Waals surface area (Å²) in [6, 6.07) is 12.5. The third-order valence-corrected chi connectivity index (χ3v) is 6.54. The number of aromatic nitrogens is 1. The lowest BCUT2D eigenvalue weighted by Gasteiger charge is -2.24. The summed E-state index contributed by atoms with van der Waals surface area (Å²) in [7, 11) is 0. The Kier molecular flexibility index (Phi) is 5.55. The number of amides is 2. The van der Waals surface area contributed by atoms with Crippen LogP contribution in [0, 0.1) is 13.8 Å². The molecular formula is C24H22N4O4S. The lowest BCUT2D eigenvalue weighted by molar-refractivity contribution is 0.0751. The van der Waals surface area contributed by atoms with Gasteiger partial charge in [0.15, 0.2) is 11.5 Å². The molecule has 0 aliphatic carbocycles. The van der Waals surface area contributed by atoms with Crippen molar-refractivity contribution in [3.8, 4) is 11.5 Å². The molecule has 0 spiro atoms. The highest BCUT2D eigenvalue weighted by molar-refractivity contribution is 7.13. The average Bonchev–Trinajstić information content (AvgIpc) is 3.44. The highest BCUT2D eigenvalue weighted by Gasteiger charge is 2.23. The Morgan fingerprint density at radius 1 is 1.06 bits per heavy atom. The fourth-order valence-electron chi connectivity index (χ4n) is 3.84. The second-order valence-corrected chi connectivity index (χ2v) is 9.03. The van der Waals surface area contributed by atoms with Crippen molar-refractivity contribution in [1.82, 2.24) is 9.99 Å². The van der Waals surface area contributed by atoms with Gasteiger partial charge >= 0.3 is 0 Å². The standard InChI is InChI=1S/C24H22N4O4S/c1-14-22(33-15(2)25-14)23(29)26-18-8-5-16(6-9-18)24(30)28-11-3-4-19(27-28)17-7-10-20-21(12-17)32-13-31-20/h5-10,12H,3-4,11,13H2,1-2H3,(H,26,29). The number of hydrogen-bond acceptors (Lipinski definition) is 7. The molecule has 2 amide bonds. The van der Waals surface area contributed by atoms with Gasteiger partial charge in [0.2, 0.25) is 6.79 Å². The van der Waals surface area contributed by atoms with Gasteiger partial charge in [-0.05, 0) is 69.2 Å². The maximum atomic E-state index is 13.0. The van der Waals surface area contributed by atoms with Crippen molar-refractivity contribution in [3.63, 3.8) is 0 Å². The zero-order chi connectivity index (χ0) is 22.9. The minimum absolute atomic E-state index is 0.181. The molecule has 2 aliphatic heterocycles. The first-order chi connectivity index (χ1) is 16.0. The normalized spacial score (nSPS) is 14.7. The summed E-state index contributed by atoms with van der Waals surface area (Å²) in [5.41, 5.74) is 3.59. The van der Waals surface area contributed by atoms with Gasteiger partial charge in [0.25, 0.3) is 11.8 Å². The number of fused-ring (bicyclic) bond motifs is 1. The minimum atomic E-state index is -0.203. The van der Waals surface area contributed by atoms with Crippen LogP contribution in [0.1, 0.15) is 49.1 Å². The van der Waals surface area contributed by atoms with E-state index in [1.54, 1.807) is 24.3 Å². The Labute approximate surface area is 194 Å². The number of rotatable bonds is 4. The highest BCUT2D eigenvalue weighted by Crippen LogP contribution is 2.33. The van der Waals surface area contributed by atoms with Gasteiger partial charge in [-0.2, -0.15) is 5.10 Å². The summed E-state index contributed by atoms with van der Waals surface area (Å²) in [5, 5.41) is 9.82. The predicted molar refractivity (Wildman–Crippen MR) is 125 cm³/mol. The zero-order valence-electron chi connectivity index (χ0n) is 18.3. The van der Waals surface area contributed by atoms with E-state index in [-0.39, 0.29) is 18.6 Å². The maximum absolute atomic E-state index is 13.0. The first-order valence-electron chi connectivity index (χ1n) is 10.6. The van der Waals surface area contributed by atoms with Crippen LogP contribution in [0.25, 0.3) is 0 Å². The molecular weight excluding hydrogens is 440 g/mol. The van der Waals surface area contributed by atoms with E-state index < -0.39 is 0 Å². The van der Waals surface area contributed by atoms with Crippen LogP contribution in [-0.4, -0.2) is 40.9 Å². The molecule has 0 saturated carbocycles. The van der Waals surface area contributed by atoms with Gasteiger partial charge in [-0.25, -0.2) is 9.99 Å². The lowest BCUT2D eigenvalue weighted by Crippen LogP contribution is -2.32. The molecule has 9 heteroatoms. The van der Waals surface area contributed by atoms with E-state index in [2.05, 4.69) is 15.4 Å². The van der Waals surface area contributed by atoms with Crippen LogP contribution in [0.5, 0.6) is 11.5 Å². The summed E-state index contributed by atoms with van der Waals surface area (Å²) < 4.78 is 10.8. The number of carbonyl (C=O) groups is 2. The summed E-state index contributed by atoms with van der Waals surface area (Å²) >= 11 is 1.36. The molecule has 0 fully saturated rings. The number of nitrogens with zero attached hydrogens (tertiary/aromatic N) is 3. The number of benzene rings is 2. The first-order valence-corrected chi connectivity index (χ1v) is 11.4. The largest absolute Gasteiger partial charge is 0.454 e. The molecule has 0 atom stereocenters. The Morgan fingerprint density at radius 3 is 2.61 bits per heavy atom. The second kappa shape index (κ2) is 8.67. The highest BCUT2D eigenvalue weighted by atomic mass is 32.1. The number of hydrogen-bond donors (Lipinski definition) is 1. The number of thiazole rings is 1. The van der Waals surface area contributed by atoms with Crippen molar-refractivity contribution in [3.05, 3.63) is 69.2 Å². The van der Waals surface area contributed by atoms with E-state index in [0.717, 1.165) is 34.9 Å². The number of hydrazone groups is 1. The van der Waals surface area contributed by atoms with Gasteiger partial charge < -0.3 is 14.8 Å². The molecule has 3 aromatic rings. The molecule has 0 bridgehead atoms. The van der Waals surface area contributed by atoms with Crippen LogP contribution in [0.3, 0.4) is 0 Å². The van der Waals surface area contributed by atoms with E-state index in [1.807, 2.05) is 32.0 Å². The van der Waals surface area contributed by atoms with Gasteiger partial charge in [-0.15, -0.1) is 11.3 Å². The Balaban J connectivity index is 1.29. The summed E-state index contributed by atoms with van der Waals surface area (Å²) in [4.78, 5) is 30.4. The van der Waals surface area contributed by atoms with Crippen LogP contribution < -0.4 is 14.8 Å². The van der Waals surface area contributed by atoms with Crippen LogP contribution in [-0.2, 0) is 0 Å². The zero-order valence-corrected chi connectivity index (χ0v) is 19.1. The first kappa shape index (κ1) is 21.1. The van der Waals surface area contributed by atoms with Crippen molar-refractivity contribution in [1.29, 1.82) is 0 Å². The number of carbonyl (C=O) groups excluding carboxylic acids is 2. The fourth-order valence-corrected chi connectivity index (χ4v) is 4.66. The monoisotopic (exact) mass is 462 g/mol. The molecule has 168 valence electrons. The number of nitrogens with one attached hydrogen (secondary N) is 1. The SMILES string of the molecule is Cc1nc(C)c(C(=O)Nc2ccc(C(=O)N3CCCC(c4ccc5c(c4)OCO5)=N3)cc2)s1. The molecule has 5 rings (SSSR count). The predicted octanol–water partition coefficient (Wildman–Crippen LogP) is 4.38. The minimum Gasteiger partial charge on any atom is -0.454 e. The van der Waals surface area contributed by atoms with Crippen LogP contribution in [0.4, 0.5) is 5.69 Å². The number of ether oxygens (including phenoxy) is 2. The van der Waals surface area contributed by atoms with Crippen molar-refractivity contribution in [2.24, 2.45) is 5.10 Å². The fraction of sp³-hybridized carbons (Fsp3) is 0.250. The molecule has 0 unspecified atom stereocenters. The van der Waals surface area contributed by atoms with E-state index >= 15 is 0 Å². The summed E-state index contributed by atoms with van der Waals surface area (Å²) in [6.07, 6.45) is 1.60. The van der Waals surface area contributed by atoms with E-state index in [1.165, 1.54) is 16.3 Å². The molecule has 0 saturated heterocycles. The molecule has 2 aromatic carbocycles. The molecule has 0 radical (unpaired) electrons. The van der Waals surface area contributed by atoms with Crippen molar-refractivity contribution >= 4 is 34.6 Å². The average molecular weight is 463 g/mol.